The smallest absolute Gasteiger partial charge is 0.325 e. The van der Waals surface area contributed by atoms with E-state index >= 15 is 0 Å². The molecule has 8 heteroatoms. The molecule has 2 N–H and O–H groups in total. The number of nitrogens with zero attached hydrogens (tertiary/aromatic N) is 2. The summed E-state index contributed by atoms with van der Waals surface area (Å²) in [6.45, 7) is 5.47. The summed E-state index contributed by atoms with van der Waals surface area (Å²) >= 11 is 0. The van der Waals surface area contributed by atoms with E-state index in [4.69, 9.17) is 0 Å². The van der Waals surface area contributed by atoms with Crippen molar-refractivity contribution in [3.05, 3.63) is 30.3 Å². The van der Waals surface area contributed by atoms with Gasteiger partial charge in [-0.05, 0) is 45.2 Å². The highest BCUT2D eigenvalue weighted by Gasteiger charge is 2.55. The van der Waals surface area contributed by atoms with E-state index in [-0.39, 0.29) is 11.8 Å². The van der Waals surface area contributed by atoms with Crippen LogP contribution in [-0.4, -0.2) is 57.7 Å². The van der Waals surface area contributed by atoms with Crippen LogP contribution in [0.15, 0.2) is 30.3 Å². The lowest BCUT2D eigenvalue weighted by molar-refractivity contribution is -0.146. The lowest BCUT2D eigenvalue weighted by atomic mass is 9.97. The largest absolute Gasteiger partial charge is 0.329 e. The topological polar surface area (TPSA) is 98.8 Å². The van der Waals surface area contributed by atoms with E-state index in [0.717, 1.165) is 17.7 Å². The number of hydrogen-bond donors (Lipinski definition) is 2. The molecular weight excluding hydrogens is 384 g/mol. The average Bonchev–Trinajstić information content (AvgIpc) is 3.30. The van der Waals surface area contributed by atoms with E-state index in [2.05, 4.69) is 10.6 Å². The van der Waals surface area contributed by atoms with Gasteiger partial charge in [0.25, 0.3) is 5.91 Å². The van der Waals surface area contributed by atoms with Crippen molar-refractivity contribution in [2.24, 2.45) is 0 Å². The molecule has 1 aromatic rings. The van der Waals surface area contributed by atoms with Gasteiger partial charge in [0.15, 0.2) is 0 Å². The zero-order chi connectivity index (χ0) is 21.9. The van der Waals surface area contributed by atoms with Gasteiger partial charge >= 0.3 is 6.03 Å². The Morgan fingerprint density at radius 1 is 1.17 bits per heavy atom. The molecule has 1 aromatic carbocycles. The van der Waals surface area contributed by atoms with Gasteiger partial charge in [0, 0.05) is 12.2 Å². The molecular formula is C22H30N4O4. The first-order chi connectivity index (χ1) is 14.3. The molecule has 1 saturated heterocycles. The number of benzene rings is 1. The zero-order valence-electron chi connectivity index (χ0n) is 17.8. The summed E-state index contributed by atoms with van der Waals surface area (Å²) in [7, 11) is 0. The summed E-state index contributed by atoms with van der Waals surface area (Å²) in [5, 5.41) is 5.62. The van der Waals surface area contributed by atoms with Crippen LogP contribution in [0.1, 0.15) is 52.9 Å². The molecule has 0 radical (unpaired) electrons. The van der Waals surface area contributed by atoms with Crippen molar-refractivity contribution in [2.75, 3.05) is 11.9 Å². The predicted octanol–water partition coefficient (Wildman–Crippen LogP) is 2.51. The van der Waals surface area contributed by atoms with E-state index in [0.29, 0.717) is 31.5 Å². The van der Waals surface area contributed by atoms with Crippen molar-refractivity contribution < 1.29 is 19.2 Å². The monoisotopic (exact) mass is 414 g/mol. The summed E-state index contributed by atoms with van der Waals surface area (Å²) in [6.07, 6.45) is 3.60. The molecule has 2 aliphatic rings. The van der Waals surface area contributed by atoms with Gasteiger partial charge in [-0.1, -0.05) is 38.0 Å². The Balaban J connectivity index is 1.74. The molecule has 1 heterocycles. The van der Waals surface area contributed by atoms with E-state index in [1.165, 1.54) is 4.90 Å². The van der Waals surface area contributed by atoms with Crippen molar-refractivity contribution in [1.82, 2.24) is 15.1 Å². The Labute approximate surface area is 177 Å². The van der Waals surface area contributed by atoms with Crippen LogP contribution >= 0.6 is 0 Å². The summed E-state index contributed by atoms with van der Waals surface area (Å²) < 4.78 is 0. The summed E-state index contributed by atoms with van der Waals surface area (Å²) in [5.41, 5.74) is -0.221. The maximum Gasteiger partial charge on any atom is 0.325 e. The number of rotatable bonds is 7. The molecule has 1 aliphatic carbocycles. The van der Waals surface area contributed by atoms with Gasteiger partial charge in [-0.3, -0.25) is 14.4 Å². The van der Waals surface area contributed by atoms with E-state index < -0.39 is 29.6 Å². The second-order valence-electron chi connectivity index (χ2n) is 8.13. The van der Waals surface area contributed by atoms with Crippen LogP contribution in [0.5, 0.6) is 0 Å². The molecule has 1 saturated carbocycles. The van der Waals surface area contributed by atoms with Crippen molar-refractivity contribution in [1.29, 1.82) is 0 Å². The van der Waals surface area contributed by atoms with Gasteiger partial charge in [0.05, 0.1) is 0 Å². The summed E-state index contributed by atoms with van der Waals surface area (Å²) in [5.74, 6) is -1.06. The maximum absolute atomic E-state index is 13.3. The van der Waals surface area contributed by atoms with Gasteiger partial charge < -0.3 is 15.5 Å². The highest BCUT2D eigenvalue weighted by molar-refractivity contribution is 6.10. The molecule has 8 nitrogen and oxygen atoms in total. The molecule has 2 atom stereocenters. The van der Waals surface area contributed by atoms with Crippen LogP contribution in [0.3, 0.4) is 0 Å². The molecule has 3 rings (SSSR count). The molecule has 5 amide bonds. The molecule has 0 bridgehead atoms. The lowest BCUT2D eigenvalue weighted by Gasteiger charge is -2.33. The van der Waals surface area contributed by atoms with Gasteiger partial charge in [-0.25, -0.2) is 9.69 Å². The van der Waals surface area contributed by atoms with Crippen molar-refractivity contribution >= 4 is 29.4 Å². The molecule has 30 heavy (non-hydrogen) atoms. The van der Waals surface area contributed by atoms with Crippen LogP contribution in [0.4, 0.5) is 10.5 Å². The third kappa shape index (κ3) is 4.04. The number of nitrogens with one attached hydrogen (secondary N) is 2. The SMILES string of the molecule is CCCN(C(=O)C(C)N1C(=O)NC2(CCCC2)C1=O)C(C)C(=O)Nc1ccccc1. The first kappa shape index (κ1) is 21.8. The van der Waals surface area contributed by atoms with Crippen molar-refractivity contribution in [2.45, 2.75) is 70.5 Å². The molecule has 2 fully saturated rings. The Morgan fingerprint density at radius 3 is 2.40 bits per heavy atom. The quantitative estimate of drug-likeness (QED) is 0.670. The van der Waals surface area contributed by atoms with Crippen LogP contribution in [0.25, 0.3) is 0 Å². The second kappa shape index (κ2) is 8.85. The number of imide groups is 1. The molecule has 1 aliphatic heterocycles. The van der Waals surface area contributed by atoms with Crippen molar-refractivity contribution in [3.63, 3.8) is 0 Å². The minimum absolute atomic E-state index is 0.320. The Morgan fingerprint density at radius 2 is 1.80 bits per heavy atom. The van der Waals surface area contributed by atoms with Crippen molar-refractivity contribution in [3.8, 4) is 0 Å². The Hall–Kier alpha value is -2.90. The van der Waals surface area contributed by atoms with E-state index in [1.54, 1.807) is 26.0 Å². The Bertz CT molecular complexity index is 820. The standard InChI is InChI=1S/C22H30N4O4/c1-4-14-25(15(2)18(27)23-17-10-6-5-7-11-17)19(28)16(3)26-20(29)22(24-21(26)30)12-8-9-13-22/h5-7,10-11,15-16H,4,8-9,12-14H2,1-3H3,(H,23,27)(H,24,30). The van der Waals surface area contributed by atoms with Crippen LogP contribution < -0.4 is 10.6 Å². The summed E-state index contributed by atoms with van der Waals surface area (Å²) in [6, 6.07) is 6.77. The first-order valence-corrected chi connectivity index (χ1v) is 10.6. The zero-order valence-corrected chi connectivity index (χ0v) is 17.8. The highest BCUT2D eigenvalue weighted by Crippen LogP contribution is 2.36. The lowest BCUT2D eigenvalue weighted by Crippen LogP contribution is -2.55. The first-order valence-electron chi connectivity index (χ1n) is 10.6. The molecule has 0 aromatic heterocycles. The van der Waals surface area contributed by atoms with Gasteiger partial charge in [0.1, 0.15) is 17.6 Å². The summed E-state index contributed by atoms with van der Waals surface area (Å²) in [4.78, 5) is 54.1. The van der Waals surface area contributed by atoms with Crippen LogP contribution in [0, 0.1) is 0 Å². The predicted molar refractivity (Wildman–Crippen MR) is 113 cm³/mol. The maximum atomic E-state index is 13.3. The van der Waals surface area contributed by atoms with E-state index in [9.17, 15) is 19.2 Å². The van der Waals surface area contributed by atoms with E-state index in [1.807, 2.05) is 25.1 Å². The van der Waals surface area contributed by atoms with Gasteiger partial charge in [-0.2, -0.15) is 0 Å². The number of anilines is 1. The number of carbonyl (C=O) groups excluding carboxylic acids is 4. The van der Waals surface area contributed by atoms with Gasteiger partial charge in [0.2, 0.25) is 11.8 Å². The van der Waals surface area contributed by atoms with Crippen LogP contribution in [-0.2, 0) is 14.4 Å². The Kier molecular flexibility index (Phi) is 6.43. The number of hydrogen-bond acceptors (Lipinski definition) is 4. The fraction of sp³-hybridized carbons (Fsp3) is 0.545. The normalized spacial score (nSPS) is 19.5. The molecule has 162 valence electrons. The minimum atomic E-state index is -0.976. The number of para-hydroxylation sites is 1. The number of amides is 5. The van der Waals surface area contributed by atoms with Crippen LogP contribution in [0.2, 0.25) is 0 Å². The second-order valence-corrected chi connectivity index (χ2v) is 8.13. The molecule has 1 spiro atoms. The third-order valence-electron chi connectivity index (χ3n) is 6.03. The minimum Gasteiger partial charge on any atom is -0.329 e. The van der Waals surface area contributed by atoms with Gasteiger partial charge in [-0.15, -0.1) is 0 Å². The highest BCUT2D eigenvalue weighted by atomic mass is 16.2. The number of urea groups is 1. The fourth-order valence-electron chi connectivity index (χ4n) is 4.31. The average molecular weight is 415 g/mol. The molecule has 2 unspecified atom stereocenters. The fourth-order valence-corrected chi connectivity index (χ4v) is 4.31. The number of carbonyl (C=O) groups is 4. The third-order valence-corrected chi connectivity index (χ3v) is 6.03.